The number of ether oxygens (including phenoxy) is 1. The summed E-state index contributed by atoms with van der Waals surface area (Å²) in [6.45, 7) is 0.963. The number of methoxy groups -OCH3 is 1. The van der Waals surface area contributed by atoms with Crippen LogP contribution >= 0.6 is 0 Å². The summed E-state index contributed by atoms with van der Waals surface area (Å²) < 4.78 is 19.0. The van der Waals surface area contributed by atoms with Gasteiger partial charge in [0.25, 0.3) is 0 Å². The van der Waals surface area contributed by atoms with Gasteiger partial charge >= 0.3 is 0 Å². The van der Waals surface area contributed by atoms with Gasteiger partial charge < -0.3 is 15.4 Å². The molecule has 134 valence electrons. The molecule has 0 saturated heterocycles. The smallest absolute Gasteiger partial charge is 0.244 e. The van der Waals surface area contributed by atoms with Crippen LogP contribution in [0.4, 0.5) is 16.2 Å². The molecule has 0 atom stereocenters. The Bertz CT molecular complexity index is 859. The lowest BCUT2D eigenvalue weighted by Crippen LogP contribution is -2.11. The predicted molar refractivity (Wildman–Crippen MR) is 98.7 cm³/mol. The van der Waals surface area contributed by atoms with Gasteiger partial charge in [0.1, 0.15) is 11.6 Å². The lowest BCUT2D eigenvalue weighted by Gasteiger charge is -2.10. The number of hydrogen-bond acceptors (Lipinski definition) is 6. The number of rotatable bonds is 8. The van der Waals surface area contributed by atoms with Gasteiger partial charge in [-0.3, -0.25) is 0 Å². The SMILES string of the molecule is COc1ccccc1CCNc1cnnc(NCc2ccccc2F)n1. The van der Waals surface area contributed by atoms with E-state index in [-0.39, 0.29) is 5.82 Å². The van der Waals surface area contributed by atoms with Crippen LogP contribution in [0.2, 0.25) is 0 Å². The number of anilines is 2. The van der Waals surface area contributed by atoms with Crippen molar-refractivity contribution in [3.8, 4) is 5.75 Å². The van der Waals surface area contributed by atoms with Gasteiger partial charge in [-0.15, -0.1) is 5.10 Å². The first kappa shape index (κ1) is 17.6. The zero-order chi connectivity index (χ0) is 18.2. The number of nitrogens with zero attached hydrogens (tertiary/aromatic N) is 3. The highest BCUT2D eigenvalue weighted by Gasteiger charge is 2.05. The van der Waals surface area contributed by atoms with Crippen molar-refractivity contribution in [1.29, 1.82) is 0 Å². The Balaban J connectivity index is 1.55. The summed E-state index contributed by atoms with van der Waals surface area (Å²) in [4.78, 5) is 4.34. The van der Waals surface area contributed by atoms with E-state index >= 15 is 0 Å². The molecule has 1 aromatic heterocycles. The molecular weight excluding hydrogens is 333 g/mol. The number of nitrogens with one attached hydrogen (secondary N) is 2. The van der Waals surface area contributed by atoms with Crippen molar-refractivity contribution < 1.29 is 9.13 Å². The fourth-order valence-corrected chi connectivity index (χ4v) is 2.51. The van der Waals surface area contributed by atoms with Crippen LogP contribution in [0.3, 0.4) is 0 Å². The Kier molecular flexibility index (Phi) is 5.92. The van der Waals surface area contributed by atoms with Crippen molar-refractivity contribution in [2.75, 3.05) is 24.3 Å². The predicted octanol–water partition coefficient (Wildman–Crippen LogP) is 3.29. The molecule has 0 unspecified atom stereocenters. The van der Waals surface area contributed by atoms with E-state index in [0.717, 1.165) is 17.7 Å². The quantitative estimate of drug-likeness (QED) is 0.647. The number of benzene rings is 2. The lowest BCUT2D eigenvalue weighted by atomic mass is 10.1. The summed E-state index contributed by atoms with van der Waals surface area (Å²) in [5, 5.41) is 14.0. The molecule has 6 nitrogen and oxygen atoms in total. The third kappa shape index (κ3) is 4.66. The van der Waals surface area contributed by atoms with Crippen molar-refractivity contribution >= 4 is 11.8 Å². The summed E-state index contributed by atoms with van der Waals surface area (Å²) in [5.74, 6) is 1.54. The Morgan fingerprint density at radius 1 is 1.00 bits per heavy atom. The van der Waals surface area contributed by atoms with Crippen LogP contribution in [0.1, 0.15) is 11.1 Å². The van der Waals surface area contributed by atoms with Gasteiger partial charge in [0.15, 0.2) is 5.82 Å². The molecular formula is C19H20FN5O. The largest absolute Gasteiger partial charge is 0.496 e. The molecule has 3 rings (SSSR count). The molecule has 0 spiro atoms. The Hall–Kier alpha value is -3.22. The van der Waals surface area contributed by atoms with Crippen molar-refractivity contribution in [3.05, 3.63) is 71.7 Å². The number of aromatic nitrogens is 3. The summed E-state index contributed by atoms with van der Waals surface area (Å²) in [7, 11) is 1.66. The van der Waals surface area contributed by atoms with Gasteiger partial charge in [0.05, 0.1) is 13.3 Å². The molecule has 0 aliphatic carbocycles. The maximum atomic E-state index is 13.6. The normalized spacial score (nSPS) is 10.4. The van der Waals surface area contributed by atoms with Crippen LogP contribution in [0.15, 0.2) is 54.7 Å². The number of halogens is 1. The molecule has 0 bridgehead atoms. The van der Waals surface area contributed by atoms with E-state index in [4.69, 9.17) is 4.74 Å². The molecule has 0 amide bonds. The van der Waals surface area contributed by atoms with Crippen molar-refractivity contribution in [3.63, 3.8) is 0 Å². The van der Waals surface area contributed by atoms with Gasteiger partial charge in [-0.25, -0.2) is 4.39 Å². The minimum atomic E-state index is -0.265. The lowest BCUT2D eigenvalue weighted by molar-refractivity contribution is 0.410. The minimum absolute atomic E-state index is 0.265. The third-order valence-electron chi connectivity index (χ3n) is 3.85. The van der Waals surface area contributed by atoms with Crippen LogP contribution in [-0.2, 0) is 13.0 Å². The van der Waals surface area contributed by atoms with E-state index in [1.165, 1.54) is 6.07 Å². The van der Waals surface area contributed by atoms with Gasteiger partial charge in [0, 0.05) is 18.7 Å². The topological polar surface area (TPSA) is 72.0 Å². The van der Waals surface area contributed by atoms with Gasteiger partial charge in [0.2, 0.25) is 5.95 Å². The van der Waals surface area contributed by atoms with Gasteiger partial charge in [-0.1, -0.05) is 36.4 Å². The van der Waals surface area contributed by atoms with Crippen LogP contribution in [0.5, 0.6) is 5.75 Å². The highest BCUT2D eigenvalue weighted by atomic mass is 19.1. The maximum Gasteiger partial charge on any atom is 0.244 e. The highest BCUT2D eigenvalue weighted by Crippen LogP contribution is 2.17. The van der Waals surface area contributed by atoms with E-state index in [9.17, 15) is 4.39 Å². The summed E-state index contributed by atoms with van der Waals surface area (Å²) in [6.07, 6.45) is 2.34. The zero-order valence-corrected chi connectivity index (χ0v) is 14.4. The Morgan fingerprint density at radius 3 is 2.58 bits per heavy atom. The van der Waals surface area contributed by atoms with E-state index in [1.54, 1.807) is 31.5 Å². The molecule has 7 heteroatoms. The molecule has 3 aromatic rings. The number of hydrogen-bond donors (Lipinski definition) is 2. The maximum absolute atomic E-state index is 13.6. The fourth-order valence-electron chi connectivity index (χ4n) is 2.51. The first-order chi connectivity index (χ1) is 12.8. The molecule has 0 aliphatic heterocycles. The van der Waals surface area contributed by atoms with E-state index < -0.39 is 0 Å². The van der Waals surface area contributed by atoms with Crippen molar-refractivity contribution in [2.45, 2.75) is 13.0 Å². The average molecular weight is 353 g/mol. The second kappa shape index (κ2) is 8.75. The first-order valence-corrected chi connectivity index (χ1v) is 8.29. The minimum Gasteiger partial charge on any atom is -0.496 e. The van der Waals surface area contributed by atoms with Gasteiger partial charge in [-0.2, -0.15) is 10.1 Å². The molecule has 0 saturated carbocycles. The molecule has 2 aromatic carbocycles. The second-order valence-electron chi connectivity index (χ2n) is 5.60. The molecule has 26 heavy (non-hydrogen) atoms. The average Bonchev–Trinajstić information content (AvgIpc) is 2.68. The molecule has 1 heterocycles. The van der Waals surface area contributed by atoms with E-state index in [0.29, 0.717) is 30.4 Å². The monoisotopic (exact) mass is 353 g/mol. The summed E-state index contributed by atoms with van der Waals surface area (Å²) in [5.41, 5.74) is 1.66. The number of para-hydroxylation sites is 1. The summed E-state index contributed by atoms with van der Waals surface area (Å²) >= 11 is 0. The molecule has 0 radical (unpaired) electrons. The van der Waals surface area contributed by atoms with Crippen LogP contribution in [0.25, 0.3) is 0 Å². The second-order valence-corrected chi connectivity index (χ2v) is 5.60. The molecule has 2 N–H and O–H groups in total. The van der Waals surface area contributed by atoms with E-state index in [2.05, 4.69) is 25.8 Å². The van der Waals surface area contributed by atoms with Crippen molar-refractivity contribution in [2.24, 2.45) is 0 Å². The molecule has 0 aliphatic rings. The van der Waals surface area contributed by atoms with Crippen LogP contribution < -0.4 is 15.4 Å². The molecule has 0 fully saturated rings. The van der Waals surface area contributed by atoms with Gasteiger partial charge in [-0.05, 0) is 24.1 Å². The Labute approximate surface area is 151 Å². The Morgan fingerprint density at radius 2 is 1.77 bits per heavy atom. The summed E-state index contributed by atoms with van der Waals surface area (Å²) in [6, 6.07) is 14.5. The third-order valence-corrected chi connectivity index (χ3v) is 3.85. The van der Waals surface area contributed by atoms with E-state index in [1.807, 2.05) is 24.3 Å². The standard InChI is InChI=1S/C19H20FN5O/c1-26-17-9-5-3-6-14(17)10-11-21-18-13-23-25-19(24-18)22-12-15-7-2-4-8-16(15)20/h2-9,13H,10-12H2,1H3,(H2,21,22,24,25). The van der Waals surface area contributed by atoms with Crippen LogP contribution in [-0.4, -0.2) is 28.8 Å². The zero-order valence-electron chi connectivity index (χ0n) is 14.4. The fraction of sp³-hybridized carbons (Fsp3) is 0.211. The van der Waals surface area contributed by atoms with Crippen LogP contribution in [0, 0.1) is 5.82 Å². The van der Waals surface area contributed by atoms with Crippen molar-refractivity contribution in [1.82, 2.24) is 15.2 Å². The highest BCUT2D eigenvalue weighted by molar-refractivity contribution is 5.39. The first-order valence-electron chi connectivity index (χ1n) is 8.29.